The quantitative estimate of drug-likeness (QED) is 0.374. The second-order valence-electron chi connectivity index (χ2n) is 2.56. The van der Waals surface area contributed by atoms with E-state index < -0.39 is 0 Å². The SMILES string of the molecule is C#Cc1ccc(N(C)N)nc1C. The molecule has 62 valence electrons. The van der Waals surface area contributed by atoms with E-state index in [1.165, 1.54) is 5.01 Å². The summed E-state index contributed by atoms with van der Waals surface area (Å²) in [5.41, 5.74) is 1.63. The van der Waals surface area contributed by atoms with Crippen LogP contribution in [0.4, 0.5) is 5.82 Å². The van der Waals surface area contributed by atoms with Crippen molar-refractivity contribution in [3.63, 3.8) is 0 Å². The van der Waals surface area contributed by atoms with Crippen LogP contribution in [0, 0.1) is 19.3 Å². The van der Waals surface area contributed by atoms with Gasteiger partial charge in [0.05, 0.1) is 5.69 Å². The summed E-state index contributed by atoms with van der Waals surface area (Å²) in [4.78, 5) is 4.20. The number of nitrogens with zero attached hydrogens (tertiary/aromatic N) is 2. The highest BCUT2D eigenvalue weighted by atomic mass is 15.4. The van der Waals surface area contributed by atoms with E-state index in [1.807, 2.05) is 13.0 Å². The minimum absolute atomic E-state index is 0.714. The second kappa shape index (κ2) is 3.24. The van der Waals surface area contributed by atoms with Crippen LogP contribution in [0.1, 0.15) is 11.3 Å². The number of aromatic nitrogens is 1. The Morgan fingerprint density at radius 2 is 2.25 bits per heavy atom. The number of aryl methyl sites for hydroxylation is 1. The van der Waals surface area contributed by atoms with Crippen LogP contribution in [0.3, 0.4) is 0 Å². The van der Waals surface area contributed by atoms with Crippen molar-refractivity contribution in [1.82, 2.24) is 4.98 Å². The van der Waals surface area contributed by atoms with Crippen LogP contribution in [0.2, 0.25) is 0 Å². The Kier molecular flexibility index (Phi) is 2.32. The van der Waals surface area contributed by atoms with Gasteiger partial charge in [0.25, 0.3) is 0 Å². The molecule has 0 saturated heterocycles. The van der Waals surface area contributed by atoms with Gasteiger partial charge in [0.2, 0.25) is 0 Å². The van der Waals surface area contributed by atoms with E-state index in [0.717, 1.165) is 11.3 Å². The first-order valence-corrected chi connectivity index (χ1v) is 3.58. The zero-order chi connectivity index (χ0) is 9.14. The fraction of sp³-hybridized carbons (Fsp3) is 0.222. The predicted octanol–water partition coefficient (Wildman–Crippen LogP) is 0.681. The number of nitrogens with two attached hydrogens (primary N) is 1. The molecule has 0 saturated carbocycles. The molecule has 0 radical (unpaired) electrons. The Morgan fingerprint density at radius 1 is 1.58 bits per heavy atom. The van der Waals surface area contributed by atoms with Gasteiger partial charge >= 0.3 is 0 Å². The third kappa shape index (κ3) is 1.55. The van der Waals surface area contributed by atoms with Crippen molar-refractivity contribution in [3.05, 3.63) is 23.4 Å². The third-order valence-corrected chi connectivity index (χ3v) is 1.59. The van der Waals surface area contributed by atoms with Gasteiger partial charge < -0.3 is 0 Å². The third-order valence-electron chi connectivity index (χ3n) is 1.59. The molecule has 1 rings (SSSR count). The molecule has 2 N–H and O–H groups in total. The first-order chi connectivity index (χ1) is 5.65. The molecule has 0 aliphatic carbocycles. The van der Waals surface area contributed by atoms with E-state index in [2.05, 4.69) is 10.9 Å². The van der Waals surface area contributed by atoms with E-state index in [-0.39, 0.29) is 0 Å². The van der Waals surface area contributed by atoms with Gasteiger partial charge in [0, 0.05) is 12.6 Å². The molecule has 12 heavy (non-hydrogen) atoms. The maximum Gasteiger partial charge on any atom is 0.142 e. The van der Waals surface area contributed by atoms with Gasteiger partial charge in [0.1, 0.15) is 5.82 Å². The van der Waals surface area contributed by atoms with Crippen molar-refractivity contribution in [1.29, 1.82) is 0 Å². The second-order valence-corrected chi connectivity index (χ2v) is 2.56. The lowest BCUT2D eigenvalue weighted by Gasteiger charge is -2.11. The molecule has 0 aromatic carbocycles. The average molecular weight is 161 g/mol. The molecule has 3 heteroatoms. The molecular formula is C9H11N3. The topological polar surface area (TPSA) is 42.1 Å². The van der Waals surface area contributed by atoms with Gasteiger partial charge in [-0.2, -0.15) is 0 Å². The van der Waals surface area contributed by atoms with E-state index in [9.17, 15) is 0 Å². The van der Waals surface area contributed by atoms with Crippen molar-refractivity contribution >= 4 is 5.82 Å². The van der Waals surface area contributed by atoms with E-state index in [4.69, 9.17) is 12.3 Å². The summed E-state index contributed by atoms with van der Waals surface area (Å²) in [5.74, 6) is 8.75. The molecule has 0 bridgehead atoms. The maximum absolute atomic E-state index is 5.49. The highest BCUT2D eigenvalue weighted by Gasteiger charge is 2.00. The van der Waals surface area contributed by atoms with Crippen molar-refractivity contribution in [2.24, 2.45) is 5.84 Å². The van der Waals surface area contributed by atoms with E-state index in [1.54, 1.807) is 13.1 Å². The Morgan fingerprint density at radius 3 is 2.67 bits per heavy atom. The largest absolute Gasteiger partial charge is 0.298 e. The Bertz CT molecular complexity index is 323. The lowest BCUT2D eigenvalue weighted by Crippen LogP contribution is -2.26. The molecule has 1 aromatic rings. The molecular weight excluding hydrogens is 150 g/mol. The summed E-state index contributed by atoms with van der Waals surface area (Å²) < 4.78 is 0. The highest BCUT2D eigenvalue weighted by Crippen LogP contribution is 2.10. The zero-order valence-electron chi connectivity index (χ0n) is 7.20. The number of anilines is 1. The molecule has 0 amide bonds. The number of hydrogen-bond donors (Lipinski definition) is 1. The zero-order valence-corrected chi connectivity index (χ0v) is 7.20. The number of terminal acetylenes is 1. The van der Waals surface area contributed by atoms with Crippen LogP contribution in [0.25, 0.3) is 0 Å². The van der Waals surface area contributed by atoms with Gasteiger partial charge in [-0.05, 0) is 19.1 Å². The first kappa shape index (κ1) is 8.57. The van der Waals surface area contributed by atoms with Gasteiger partial charge in [-0.1, -0.05) is 5.92 Å². The van der Waals surface area contributed by atoms with Gasteiger partial charge in [0.15, 0.2) is 0 Å². The van der Waals surface area contributed by atoms with Gasteiger partial charge in [-0.3, -0.25) is 5.01 Å². The summed E-state index contributed by atoms with van der Waals surface area (Å²) in [7, 11) is 1.73. The monoisotopic (exact) mass is 161 g/mol. The first-order valence-electron chi connectivity index (χ1n) is 3.58. The number of hydrogen-bond acceptors (Lipinski definition) is 3. The van der Waals surface area contributed by atoms with Crippen LogP contribution in [-0.4, -0.2) is 12.0 Å². The Balaban J connectivity index is 3.12. The number of pyridine rings is 1. The van der Waals surface area contributed by atoms with E-state index >= 15 is 0 Å². The van der Waals surface area contributed by atoms with Crippen molar-refractivity contribution < 1.29 is 0 Å². The summed E-state index contributed by atoms with van der Waals surface area (Å²) in [6.45, 7) is 1.86. The van der Waals surface area contributed by atoms with Crippen molar-refractivity contribution in [2.45, 2.75) is 6.92 Å². The van der Waals surface area contributed by atoms with Crippen LogP contribution < -0.4 is 10.9 Å². The smallest absolute Gasteiger partial charge is 0.142 e. The van der Waals surface area contributed by atoms with E-state index in [0.29, 0.717) is 5.82 Å². The normalized spacial score (nSPS) is 9.17. The molecule has 0 atom stereocenters. The standard InChI is InChI=1S/C9H11N3/c1-4-8-5-6-9(12(3)10)11-7(8)2/h1,5-6H,10H2,2-3H3. The average Bonchev–Trinajstić information content (AvgIpc) is 2.04. The van der Waals surface area contributed by atoms with Gasteiger partial charge in [-0.25, -0.2) is 10.8 Å². The fourth-order valence-corrected chi connectivity index (χ4v) is 0.897. The molecule has 3 nitrogen and oxygen atoms in total. The molecule has 1 heterocycles. The van der Waals surface area contributed by atoms with Crippen molar-refractivity contribution in [2.75, 3.05) is 12.1 Å². The molecule has 0 aliphatic heterocycles. The Labute approximate surface area is 72.2 Å². The summed E-state index contributed by atoms with van der Waals surface area (Å²) >= 11 is 0. The number of hydrazine groups is 1. The lowest BCUT2D eigenvalue weighted by molar-refractivity contribution is 0.964. The van der Waals surface area contributed by atoms with Crippen LogP contribution in [0.5, 0.6) is 0 Å². The number of rotatable bonds is 1. The maximum atomic E-state index is 5.49. The molecule has 0 aliphatic rings. The minimum atomic E-state index is 0.714. The molecule has 0 spiro atoms. The van der Waals surface area contributed by atoms with Crippen LogP contribution in [0.15, 0.2) is 12.1 Å². The summed E-state index contributed by atoms with van der Waals surface area (Å²) in [6, 6.07) is 3.63. The summed E-state index contributed by atoms with van der Waals surface area (Å²) in [5, 5.41) is 1.45. The summed E-state index contributed by atoms with van der Waals surface area (Å²) in [6.07, 6.45) is 5.24. The minimum Gasteiger partial charge on any atom is -0.298 e. The molecule has 1 aromatic heterocycles. The molecule has 0 fully saturated rings. The fourth-order valence-electron chi connectivity index (χ4n) is 0.897. The predicted molar refractivity (Wildman–Crippen MR) is 49.5 cm³/mol. The van der Waals surface area contributed by atoms with Gasteiger partial charge in [-0.15, -0.1) is 6.42 Å². The lowest BCUT2D eigenvalue weighted by atomic mass is 10.2. The van der Waals surface area contributed by atoms with Crippen LogP contribution in [-0.2, 0) is 0 Å². The Hall–Kier alpha value is -1.53. The molecule has 0 unspecified atom stereocenters. The van der Waals surface area contributed by atoms with Crippen molar-refractivity contribution in [3.8, 4) is 12.3 Å². The highest BCUT2D eigenvalue weighted by molar-refractivity contribution is 5.44. The van der Waals surface area contributed by atoms with Crippen LogP contribution >= 0.6 is 0 Å².